The Hall–Kier alpha value is -1.83. The summed E-state index contributed by atoms with van der Waals surface area (Å²) in [5, 5.41) is 2.72. The number of Topliss-reactive ketones (excluding diaryl/α,β-unsaturated/α-hetero) is 1. The third-order valence-electron chi connectivity index (χ3n) is 3.87. The number of rotatable bonds is 5. The van der Waals surface area contributed by atoms with E-state index in [0.717, 1.165) is 35.3 Å². The summed E-state index contributed by atoms with van der Waals surface area (Å²) in [6.45, 7) is 5.86. The standard InChI is InChI=1S/C17H22N4O2S/c1-11-8-21(9-12(2)23-11)16-5-3-4-14(19-16)15-10-24-17(20-15)6-13(22)7-18/h3-5,10-12H,6-9,18H2,1-2H3/t11-,12+. The molecule has 0 bridgehead atoms. The predicted octanol–water partition coefficient (Wildman–Crippen LogP) is 1.89. The van der Waals surface area contributed by atoms with Crippen LogP contribution in [-0.4, -0.2) is 47.6 Å². The minimum Gasteiger partial charge on any atom is -0.372 e. The van der Waals surface area contributed by atoms with Crippen molar-refractivity contribution in [1.29, 1.82) is 0 Å². The number of nitrogens with two attached hydrogens (primary N) is 1. The molecule has 0 amide bonds. The van der Waals surface area contributed by atoms with Gasteiger partial charge < -0.3 is 15.4 Å². The molecule has 0 aliphatic carbocycles. The van der Waals surface area contributed by atoms with Crippen LogP contribution in [0.3, 0.4) is 0 Å². The molecular formula is C17H22N4O2S. The van der Waals surface area contributed by atoms with E-state index in [1.807, 2.05) is 23.6 Å². The molecule has 6 nitrogen and oxygen atoms in total. The minimum atomic E-state index is -0.00565. The highest BCUT2D eigenvalue weighted by molar-refractivity contribution is 7.10. The van der Waals surface area contributed by atoms with Crippen molar-refractivity contribution >= 4 is 22.9 Å². The SMILES string of the molecule is C[C@@H]1CN(c2cccc(-c3csc(CC(=O)CN)n3)n2)C[C@H](C)O1. The zero-order valence-corrected chi connectivity index (χ0v) is 14.8. The number of aromatic nitrogens is 2. The molecule has 2 N–H and O–H groups in total. The Morgan fingerprint density at radius 1 is 1.29 bits per heavy atom. The van der Waals surface area contributed by atoms with Gasteiger partial charge in [-0.3, -0.25) is 4.79 Å². The first kappa shape index (κ1) is 17.0. The molecule has 7 heteroatoms. The smallest absolute Gasteiger partial charge is 0.153 e. The van der Waals surface area contributed by atoms with E-state index in [1.54, 1.807) is 0 Å². The minimum absolute atomic E-state index is 0.00565. The zero-order chi connectivity index (χ0) is 17.1. The van der Waals surface area contributed by atoms with Gasteiger partial charge in [-0.05, 0) is 26.0 Å². The molecule has 24 heavy (non-hydrogen) atoms. The summed E-state index contributed by atoms with van der Waals surface area (Å²) in [6, 6.07) is 5.95. The summed E-state index contributed by atoms with van der Waals surface area (Å²) in [5.74, 6) is 0.927. The van der Waals surface area contributed by atoms with Gasteiger partial charge in [0.05, 0.1) is 36.6 Å². The van der Waals surface area contributed by atoms with Crippen molar-refractivity contribution in [3.63, 3.8) is 0 Å². The van der Waals surface area contributed by atoms with Crippen molar-refractivity contribution in [3.8, 4) is 11.4 Å². The summed E-state index contributed by atoms with van der Waals surface area (Å²) in [6.07, 6.45) is 0.666. The van der Waals surface area contributed by atoms with E-state index < -0.39 is 0 Å². The third-order valence-corrected chi connectivity index (χ3v) is 4.72. The normalized spacial score (nSPS) is 21.0. The van der Waals surface area contributed by atoms with E-state index in [2.05, 4.69) is 23.7 Å². The number of pyridine rings is 1. The molecule has 128 valence electrons. The average molecular weight is 346 g/mol. The Labute approximate surface area is 145 Å². The van der Waals surface area contributed by atoms with Crippen molar-refractivity contribution in [2.75, 3.05) is 24.5 Å². The van der Waals surface area contributed by atoms with Crippen LogP contribution in [0.25, 0.3) is 11.4 Å². The molecule has 0 unspecified atom stereocenters. The summed E-state index contributed by atoms with van der Waals surface area (Å²) in [5.41, 5.74) is 6.99. The highest BCUT2D eigenvalue weighted by atomic mass is 32.1. The Bertz CT molecular complexity index is 708. The molecule has 1 fully saturated rings. The van der Waals surface area contributed by atoms with Crippen LogP contribution < -0.4 is 10.6 Å². The number of carbonyl (C=O) groups is 1. The van der Waals surface area contributed by atoms with Gasteiger partial charge >= 0.3 is 0 Å². The number of morpholine rings is 1. The van der Waals surface area contributed by atoms with Crippen molar-refractivity contribution in [2.45, 2.75) is 32.5 Å². The second kappa shape index (κ2) is 7.38. The molecule has 0 spiro atoms. The lowest BCUT2D eigenvalue weighted by Crippen LogP contribution is -2.45. The maximum atomic E-state index is 11.5. The summed E-state index contributed by atoms with van der Waals surface area (Å²) >= 11 is 1.47. The number of ketones is 1. The van der Waals surface area contributed by atoms with Crippen molar-refractivity contribution in [2.24, 2.45) is 5.73 Å². The van der Waals surface area contributed by atoms with Crippen LogP contribution in [0.1, 0.15) is 18.9 Å². The largest absolute Gasteiger partial charge is 0.372 e. The molecule has 2 atom stereocenters. The molecule has 3 rings (SSSR count). The lowest BCUT2D eigenvalue weighted by Gasteiger charge is -2.36. The van der Waals surface area contributed by atoms with Gasteiger partial charge in [-0.25, -0.2) is 9.97 Å². The second-order valence-corrected chi connectivity index (χ2v) is 7.03. The first-order valence-corrected chi connectivity index (χ1v) is 8.97. The second-order valence-electron chi connectivity index (χ2n) is 6.09. The first-order valence-electron chi connectivity index (χ1n) is 8.09. The molecule has 0 saturated carbocycles. The number of nitrogens with zero attached hydrogens (tertiary/aromatic N) is 3. The van der Waals surface area contributed by atoms with E-state index in [9.17, 15) is 4.79 Å². The summed E-state index contributed by atoms with van der Waals surface area (Å²) < 4.78 is 5.78. The van der Waals surface area contributed by atoms with Crippen LogP contribution in [0.4, 0.5) is 5.82 Å². The highest BCUT2D eigenvalue weighted by Crippen LogP contribution is 2.24. The molecule has 0 aromatic carbocycles. The lowest BCUT2D eigenvalue weighted by molar-refractivity contribution is -0.117. The van der Waals surface area contributed by atoms with Crippen molar-refractivity contribution in [1.82, 2.24) is 9.97 Å². The van der Waals surface area contributed by atoms with Gasteiger partial charge in [0.25, 0.3) is 0 Å². The van der Waals surface area contributed by atoms with Gasteiger partial charge in [0, 0.05) is 18.5 Å². The quantitative estimate of drug-likeness (QED) is 0.890. The molecular weight excluding hydrogens is 324 g/mol. The number of hydrogen-bond acceptors (Lipinski definition) is 7. The van der Waals surface area contributed by atoms with Gasteiger partial charge in [0.15, 0.2) is 5.78 Å². The Morgan fingerprint density at radius 3 is 2.75 bits per heavy atom. The topological polar surface area (TPSA) is 81.3 Å². The van der Waals surface area contributed by atoms with Crippen LogP contribution in [0, 0.1) is 0 Å². The number of ether oxygens (including phenoxy) is 1. The van der Waals surface area contributed by atoms with Crippen LogP contribution in [-0.2, 0) is 16.0 Å². The molecule has 0 radical (unpaired) electrons. The fraction of sp³-hybridized carbons (Fsp3) is 0.471. The molecule has 2 aromatic rings. The molecule has 1 aliphatic rings. The monoisotopic (exact) mass is 346 g/mol. The van der Waals surface area contributed by atoms with Crippen LogP contribution in [0.5, 0.6) is 0 Å². The number of carbonyl (C=O) groups excluding carboxylic acids is 1. The Balaban J connectivity index is 1.79. The van der Waals surface area contributed by atoms with Gasteiger partial charge in [-0.2, -0.15) is 0 Å². The van der Waals surface area contributed by atoms with E-state index in [4.69, 9.17) is 15.5 Å². The maximum absolute atomic E-state index is 11.5. The van der Waals surface area contributed by atoms with Crippen molar-refractivity contribution < 1.29 is 9.53 Å². The third kappa shape index (κ3) is 3.98. The fourth-order valence-corrected chi connectivity index (χ4v) is 3.67. The van der Waals surface area contributed by atoms with Crippen LogP contribution >= 0.6 is 11.3 Å². The van der Waals surface area contributed by atoms with Gasteiger partial charge in [-0.15, -0.1) is 11.3 Å². The summed E-state index contributed by atoms with van der Waals surface area (Å²) in [4.78, 5) is 23.0. The maximum Gasteiger partial charge on any atom is 0.153 e. The Morgan fingerprint density at radius 2 is 2.04 bits per heavy atom. The Kier molecular flexibility index (Phi) is 5.23. The van der Waals surface area contributed by atoms with E-state index in [0.29, 0.717) is 6.42 Å². The summed E-state index contributed by atoms with van der Waals surface area (Å²) in [7, 11) is 0. The molecule has 2 aromatic heterocycles. The molecule has 3 heterocycles. The van der Waals surface area contributed by atoms with E-state index in [-0.39, 0.29) is 24.5 Å². The van der Waals surface area contributed by atoms with Crippen LogP contribution in [0.15, 0.2) is 23.6 Å². The van der Waals surface area contributed by atoms with Gasteiger partial charge in [0.2, 0.25) is 0 Å². The van der Waals surface area contributed by atoms with Gasteiger partial charge in [0.1, 0.15) is 10.8 Å². The van der Waals surface area contributed by atoms with E-state index in [1.165, 1.54) is 11.3 Å². The van der Waals surface area contributed by atoms with Crippen molar-refractivity contribution in [3.05, 3.63) is 28.6 Å². The molecule has 1 saturated heterocycles. The van der Waals surface area contributed by atoms with Crippen LogP contribution in [0.2, 0.25) is 0 Å². The first-order chi connectivity index (χ1) is 11.5. The fourth-order valence-electron chi connectivity index (χ4n) is 2.86. The van der Waals surface area contributed by atoms with Gasteiger partial charge in [-0.1, -0.05) is 6.07 Å². The zero-order valence-electron chi connectivity index (χ0n) is 13.9. The number of thiazole rings is 1. The number of anilines is 1. The predicted molar refractivity (Wildman–Crippen MR) is 95.3 cm³/mol. The molecule has 1 aliphatic heterocycles. The lowest BCUT2D eigenvalue weighted by atomic mass is 10.2. The average Bonchev–Trinajstić information content (AvgIpc) is 3.02. The highest BCUT2D eigenvalue weighted by Gasteiger charge is 2.23. The van der Waals surface area contributed by atoms with E-state index >= 15 is 0 Å². The number of hydrogen-bond donors (Lipinski definition) is 1.